The predicted molar refractivity (Wildman–Crippen MR) is 146 cm³/mol. The standard InChI is InChI=1S/C29H26N2O6S/c1-3-4-14-37-21-7-5-6-18(15-21)26(33)24-25(17-8-10-19(32)11-9-17)31(28(35)27(24)34)29-30-22-13-12-20(36-2)16-23(22)38-29/h5-13,15-16,25,32-33H,3-4,14H2,1-2H3/b26-24+. The summed E-state index contributed by atoms with van der Waals surface area (Å²) in [7, 11) is 1.57. The quantitative estimate of drug-likeness (QED) is 0.128. The highest BCUT2D eigenvalue weighted by Crippen LogP contribution is 2.45. The van der Waals surface area contributed by atoms with Crippen LogP contribution in [0.2, 0.25) is 0 Å². The number of carbonyl (C=O) groups is 2. The number of nitrogens with zero attached hydrogens (tertiary/aromatic N) is 2. The molecular formula is C29H26N2O6S. The number of aromatic hydroxyl groups is 1. The number of amides is 1. The Bertz CT molecular complexity index is 1540. The molecule has 1 aliphatic heterocycles. The monoisotopic (exact) mass is 530 g/mol. The van der Waals surface area contributed by atoms with Crippen molar-refractivity contribution in [2.75, 3.05) is 18.6 Å². The van der Waals surface area contributed by atoms with Crippen molar-refractivity contribution in [2.24, 2.45) is 0 Å². The van der Waals surface area contributed by atoms with Crippen molar-refractivity contribution in [3.05, 3.63) is 83.4 Å². The normalized spacial score (nSPS) is 16.8. The van der Waals surface area contributed by atoms with Gasteiger partial charge in [-0.25, -0.2) is 4.98 Å². The second kappa shape index (κ2) is 10.5. The van der Waals surface area contributed by atoms with Crippen molar-refractivity contribution in [1.29, 1.82) is 0 Å². The summed E-state index contributed by atoms with van der Waals surface area (Å²) in [5.74, 6) is -0.702. The molecule has 8 nitrogen and oxygen atoms in total. The molecule has 3 aromatic carbocycles. The van der Waals surface area contributed by atoms with Crippen molar-refractivity contribution in [2.45, 2.75) is 25.8 Å². The van der Waals surface area contributed by atoms with Gasteiger partial charge in [0.05, 0.1) is 35.5 Å². The van der Waals surface area contributed by atoms with Crippen LogP contribution in [0.25, 0.3) is 16.0 Å². The zero-order valence-corrected chi connectivity index (χ0v) is 21.7. The first-order chi connectivity index (χ1) is 18.4. The van der Waals surface area contributed by atoms with Gasteiger partial charge in [0.15, 0.2) is 5.13 Å². The van der Waals surface area contributed by atoms with Gasteiger partial charge in [-0.05, 0) is 54.4 Å². The lowest BCUT2D eigenvalue weighted by atomic mass is 9.95. The topological polar surface area (TPSA) is 109 Å². The molecule has 1 fully saturated rings. The Balaban J connectivity index is 1.64. The lowest BCUT2D eigenvalue weighted by molar-refractivity contribution is -0.132. The number of methoxy groups -OCH3 is 1. The van der Waals surface area contributed by atoms with Crippen molar-refractivity contribution in [3.8, 4) is 17.2 Å². The molecule has 1 aromatic heterocycles. The molecular weight excluding hydrogens is 504 g/mol. The number of phenols is 1. The van der Waals surface area contributed by atoms with Gasteiger partial charge >= 0.3 is 5.91 Å². The minimum atomic E-state index is -0.956. The number of fused-ring (bicyclic) bond motifs is 1. The van der Waals surface area contributed by atoms with Gasteiger partial charge in [-0.1, -0.05) is 48.9 Å². The molecule has 1 unspecified atom stereocenters. The number of aromatic nitrogens is 1. The third-order valence-corrected chi connectivity index (χ3v) is 7.34. The molecule has 194 valence electrons. The molecule has 0 aliphatic carbocycles. The van der Waals surface area contributed by atoms with Crippen LogP contribution in [0.1, 0.15) is 36.9 Å². The van der Waals surface area contributed by atoms with E-state index >= 15 is 0 Å². The van der Waals surface area contributed by atoms with Crippen molar-refractivity contribution in [1.82, 2.24) is 4.98 Å². The van der Waals surface area contributed by atoms with Crippen molar-refractivity contribution in [3.63, 3.8) is 0 Å². The van der Waals surface area contributed by atoms with E-state index in [1.165, 1.54) is 28.4 Å². The fourth-order valence-corrected chi connectivity index (χ4v) is 5.37. The lowest BCUT2D eigenvalue weighted by Gasteiger charge is -2.23. The number of anilines is 1. The van der Waals surface area contributed by atoms with Crippen LogP contribution in [-0.2, 0) is 9.59 Å². The van der Waals surface area contributed by atoms with Crippen molar-refractivity contribution < 1.29 is 29.3 Å². The van der Waals surface area contributed by atoms with Crippen LogP contribution in [0, 0.1) is 0 Å². The lowest BCUT2D eigenvalue weighted by Crippen LogP contribution is -2.29. The Kier molecular flexibility index (Phi) is 7.02. The van der Waals surface area contributed by atoms with E-state index in [0.29, 0.717) is 39.9 Å². The highest BCUT2D eigenvalue weighted by atomic mass is 32.1. The Morgan fingerprint density at radius 1 is 1.05 bits per heavy atom. The number of ketones is 1. The summed E-state index contributed by atoms with van der Waals surface area (Å²) in [6.07, 6.45) is 1.87. The average Bonchev–Trinajstić information content (AvgIpc) is 3.46. The molecule has 4 aromatic rings. The fourth-order valence-electron chi connectivity index (χ4n) is 4.35. The van der Waals surface area contributed by atoms with E-state index in [2.05, 4.69) is 11.9 Å². The zero-order valence-electron chi connectivity index (χ0n) is 20.9. The number of phenolic OH excluding ortho intramolecular Hbond substituents is 1. The number of Topliss-reactive ketones (excluding diaryl/α,β-unsaturated/α-hetero) is 1. The maximum absolute atomic E-state index is 13.4. The maximum atomic E-state index is 13.4. The summed E-state index contributed by atoms with van der Waals surface area (Å²) in [6.45, 7) is 2.59. The highest BCUT2D eigenvalue weighted by molar-refractivity contribution is 7.22. The number of hydrogen-bond donors (Lipinski definition) is 2. The molecule has 0 saturated carbocycles. The highest BCUT2D eigenvalue weighted by Gasteiger charge is 2.48. The van der Waals surface area contributed by atoms with E-state index in [1.807, 2.05) is 6.07 Å². The third-order valence-electron chi connectivity index (χ3n) is 6.32. The number of aliphatic hydroxyl groups excluding tert-OH is 1. The number of benzene rings is 3. The molecule has 0 bridgehead atoms. The summed E-state index contributed by atoms with van der Waals surface area (Å²) in [5.41, 5.74) is 1.47. The van der Waals surface area contributed by atoms with Crippen LogP contribution in [0.4, 0.5) is 5.13 Å². The van der Waals surface area contributed by atoms with Gasteiger partial charge in [-0.2, -0.15) is 0 Å². The Morgan fingerprint density at radius 3 is 2.58 bits per heavy atom. The first kappa shape index (κ1) is 25.3. The molecule has 2 heterocycles. The predicted octanol–water partition coefficient (Wildman–Crippen LogP) is 5.82. The Morgan fingerprint density at radius 2 is 1.84 bits per heavy atom. The SMILES string of the molecule is CCCCOc1cccc(/C(O)=C2\C(=O)C(=O)N(c3nc4ccc(OC)cc4s3)C2c2ccc(O)cc2)c1. The second-order valence-corrected chi connectivity index (χ2v) is 9.83. The molecule has 1 amide bonds. The minimum absolute atomic E-state index is 0.0368. The molecule has 38 heavy (non-hydrogen) atoms. The van der Waals surface area contributed by atoms with Crippen LogP contribution in [-0.4, -0.2) is 40.6 Å². The largest absolute Gasteiger partial charge is 0.508 e. The summed E-state index contributed by atoms with van der Waals surface area (Å²) in [4.78, 5) is 32.8. The van der Waals surface area contributed by atoms with Crippen LogP contribution >= 0.6 is 11.3 Å². The van der Waals surface area contributed by atoms with Crippen molar-refractivity contribution >= 4 is 44.1 Å². The fraction of sp³-hybridized carbons (Fsp3) is 0.207. The van der Waals surface area contributed by atoms with Crippen LogP contribution in [0.15, 0.2) is 72.3 Å². The molecule has 0 spiro atoms. The number of ether oxygens (including phenoxy) is 2. The molecule has 9 heteroatoms. The zero-order chi connectivity index (χ0) is 26.8. The summed E-state index contributed by atoms with van der Waals surface area (Å²) in [5, 5.41) is 21.6. The van der Waals surface area contributed by atoms with Gasteiger partial charge in [-0.3, -0.25) is 14.5 Å². The van der Waals surface area contributed by atoms with Crippen LogP contribution in [0.5, 0.6) is 17.2 Å². The third kappa shape index (κ3) is 4.68. The van der Waals surface area contributed by atoms with E-state index in [0.717, 1.165) is 17.5 Å². The first-order valence-electron chi connectivity index (χ1n) is 12.2. The van der Waals surface area contributed by atoms with Gasteiger partial charge in [0.1, 0.15) is 23.0 Å². The van der Waals surface area contributed by atoms with E-state index in [4.69, 9.17) is 9.47 Å². The van der Waals surface area contributed by atoms with E-state index in [9.17, 15) is 19.8 Å². The molecule has 5 rings (SSSR count). The average molecular weight is 531 g/mol. The summed E-state index contributed by atoms with van der Waals surface area (Å²) >= 11 is 1.24. The number of thiazole rings is 1. The van der Waals surface area contributed by atoms with E-state index in [-0.39, 0.29) is 17.1 Å². The number of unbranched alkanes of at least 4 members (excludes halogenated alkanes) is 1. The van der Waals surface area contributed by atoms with Gasteiger partial charge in [-0.15, -0.1) is 0 Å². The Labute approximate surface area is 223 Å². The van der Waals surface area contributed by atoms with Crippen LogP contribution < -0.4 is 14.4 Å². The van der Waals surface area contributed by atoms with E-state index < -0.39 is 17.7 Å². The van der Waals surface area contributed by atoms with Gasteiger partial charge in [0.2, 0.25) is 0 Å². The van der Waals surface area contributed by atoms with Gasteiger partial charge in [0, 0.05) is 5.56 Å². The second-order valence-electron chi connectivity index (χ2n) is 8.82. The smallest absolute Gasteiger partial charge is 0.301 e. The van der Waals surface area contributed by atoms with Gasteiger partial charge < -0.3 is 19.7 Å². The molecule has 0 radical (unpaired) electrons. The van der Waals surface area contributed by atoms with E-state index in [1.54, 1.807) is 55.6 Å². The number of carbonyl (C=O) groups excluding carboxylic acids is 2. The number of aliphatic hydroxyl groups is 1. The number of rotatable bonds is 8. The Hall–Kier alpha value is -4.37. The summed E-state index contributed by atoms with van der Waals surface area (Å²) in [6, 6.07) is 17.4. The molecule has 1 saturated heterocycles. The molecule has 1 aliphatic rings. The van der Waals surface area contributed by atoms with Gasteiger partial charge in [0.25, 0.3) is 5.78 Å². The first-order valence-corrected chi connectivity index (χ1v) is 13.0. The molecule has 2 N–H and O–H groups in total. The van der Waals surface area contributed by atoms with Crippen LogP contribution in [0.3, 0.4) is 0 Å². The number of hydrogen-bond acceptors (Lipinski definition) is 8. The maximum Gasteiger partial charge on any atom is 0.301 e. The minimum Gasteiger partial charge on any atom is -0.508 e. The summed E-state index contributed by atoms with van der Waals surface area (Å²) < 4.78 is 11.9. The molecule has 1 atom stereocenters.